The lowest BCUT2D eigenvalue weighted by Crippen LogP contribution is -2.34. The molecule has 24 heavy (non-hydrogen) atoms. The van der Waals surface area contributed by atoms with Crippen LogP contribution in [0.2, 0.25) is 0 Å². The third kappa shape index (κ3) is 4.89. The zero-order valence-electron chi connectivity index (χ0n) is 12.7. The van der Waals surface area contributed by atoms with Crippen molar-refractivity contribution in [2.45, 2.75) is 6.42 Å². The van der Waals surface area contributed by atoms with Crippen LogP contribution in [-0.2, 0) is 9.59 Å². The zero-order valence-corrected chi connectivity index (χ0v) is 13.5. The van der Waals surface area contributed by atoms with E-state index in [1.54, 1.807) is 24.3 Å². The van der Waals surface area contributed by atoms with Crippen molar-refractivity contribution >= 4 is 34.8 Å². The third-order valence-corrected chi connectivity index (χ3v) is 3.48. The first-order valence-electron chi connectivity index (χ1n) is 7.25. The number of halogens is 1. The Bertz CT molecular complexity index is 677. The van der Waals surface area contributed by atoms with Crippen molar-refractivity contribution in [1.29, 1.82) is 0 Å². The molecule has 0 unspecified atom stereocenters. The predicted molar refractivity (Wildman–Crippen MR) is 92.3 cm³/mol. The topological polar surface area (TPSA) is 98.7 Å². The molecule has 0 saturated heterocycles. The molecule has 2 amide bonds. The van der Waals surface area contributed by atoms with Crippen LogP contribution in [0.25, 0.3) is 0 Å². The number of carbonyl (C=O) groups is 2. The summed E-state index contributed by atoms with van der Waals surface area (Å²) >= 11 is 5.70. The van der Waals surface area contributed by atoms with Crippen LogP contribution in [0.3, 0.4) is 0 Å². The number of carbonyl (C=O) groups excluding carboxylic acids is 2. The van der Waals surface area contributed by atoms with E-state index in [1.165, 1.54) is 24.3 Å². The van der Waals surface area contributed by atoms with Gasteiger partial charge in [-0.1, -0.05) is 12.1 Å². The number of rotatable bonds is 6. The molecule has 0 aliphatic heterocycles. The number of anilines is 2. The molecule has 0 radical (unpaired) electrons. The lowest BCUT2D eigenvalue weighted by atomic mass is 10.0. The van der Waals surface area contributed by atoms with Crippen molar-refractivity contribution in [1.82, 2.24) is 0 Å². The molecule has 2 aromatic rings. The molecular weight excluding hydrogens is 332 g/mol. The van der Waals surface area contributed by atoms with Gasteiger partial charge in [0, 0.05) is 29.4 Å². The van der Waals surface area contributed by atoms with Crippen LogP contribution >= 0.6 is 11.6 Å². The van der Waals surface area contributed by atoms with Gasteiger partial charge in [0.25, 0.3) is 0 Å². The number of phenols is 2. The minimum Gasteiger partial charge on any atom is -0.508 e. The molecule has 2 rings (SSSR count). The van der Waals surface area contributed by atoms with Gasteiger partial charge >= 0.3 is 0 Å². The fourth-order valence-electron chi connectivity index (χ4n) is 2.12. The van der Waals surface area contributed by atoms with Crippen molar-refractivity contribution in [2.24, 2.45) is 5.92 Å². The van der Waals surface area contributed by atoms with Gasteiger partial charge in [0.15, 0.2) is 0 Å². The van der Waals surface area contributed by atoms with Crippen LogP contribution in [0.5, 0.6) is 11.5 Å². The highest BCUT2D eigenvalue weighted by Crippen LogP contribution is 2.20. The van der Waals surface area contributed by atoms with Crippen molar-refractivity contribution in [3.05, 3.63) is 48.5 Å². The summed E-state index contributed by atoms with van der Waals surface area (Å²) in [5.41, 5.74) is 0.759. The van der Waals surface area contributed by atoms with E-state index in [9.17, 15) is 19.8 Å². The summed E-state index contributed by atoms with van der Waals surface area (Å²) < 4.78 is 0. The van der Waals surface area contributed by atoms with Crippen LogP contribution < -0.4 is 10.6 Å². The second-order valence-electron chi connectivity index (χ2n) is 5.11. The Hall–Kier alpha value is -2.73. The molecule has 0 aliphatic carbocycles. The summed E-state index contributed by atoms with van der Waals surface area (Å²) in [6.45, 7) is 0. The maximum atomic E-state index is 12.4. The number of aromatic hydroxyl groups is 2. The maximum absolute atomic E-state index is 12.4. The molecule has 0 aliphatic rings. The van der Waals surface area contributed by atoms with Crippen LogP contribution in [0.4, 0.5) is 11.4 Å². The first kappa shape index (κ1) is 17.6. The Morgan fingerprint density at radius 1 is 0.917 bits per heavy atom. The largest absolute Gasteiger partial charge is 0.508 e. The van der Waals surface area contributed by atoms with E-state index in [0.29, 0.717) is 11.4 Å². The maximum Gasteiger partial charge on any atom is 0.237 e. The van der Waals surface area contributed by atoms with Crippen LogP contribution in [0.15, 0.2) is 48.5 Å². The highest BCUT2D eigenvalue weighted by Gasteiger charge is 2.26. The first-order valence-corrected chi connectivity index (χ1v) is 7.79. The average Bonchev–Trinajstić information content (AvgIpc) is 2.52. The molecule has 0 fully saturated rings. The van der Waals surface area contributed by atoms with E-state index in [1.807, 2.05) is 0 Å². The van der Waals surface area contributed by atoms with E-state index in [0.717, 1.165) is 0 Å². The fourth-order valence-corrected chi connectivity index (χ4v) is 2.33. The Balaban J connectivity index is 2.09. The monoisotopic (exact) mass is 348 g/mol. The van der Waals surface area contributed by atoms with Gasteiger partial charge in [-0.3, -0.25) is 9.59 Å². The first-order chi connectivity index (χ1) is 11.5. The molecule has 0 spiro atoms. The Kier molecular flexibility index (Phi) is 6.03. The molecule has 0 aromatic heterocycles. The van der Waals surface area contributed by atoms with Crippen LogP contribution in [0.1, 0.15) is 6.42 Å². The minimum absolute atomic E-state index is 0.00547. The predicted octanol–water partition coefficient (Wildman–Crippen LogP) is 2.92. The second kappa shape index (κ2) is 8.21. The summed E-state index contributed by atoms with van der Waals surface area (Å²) in [5.74, 6) is -1.92. The molecule has 0 atom stereocenters. The lowest BCUT2D eigenvalue weighted by Gasteiger charge is -2.16. The molecule has 0 heterocycles. The minimum atomic E-state index is -1.01. The van der Waals surface area contributed by atoms with Crippen molar-refractivity contribution in [2.75, 3.05) is 16.5 Å². The summed E-state index contributed by atoms with van der Waals surface area (Å²) in [6.07, 6.45) is 0.150. The molecule has 4 N–H and O–H groups in total. The molecule has 126 valence electrons. The SMILES string of the molecule is O=C(Nc1cccc(O)c1)C(CCCl)C(=O)Nc1cccc(O)c1. The summed E-state index contributed by atoms with van der Waals surface area (Å²) in [6, 6.07) is 12.1. The lowest BCUT2D eigenvalue weighted by molar-refractivity contribution is -0.129. The van der Waals surface area contributed by atoms with Gasteiger partial charge in [-0.15, -0.1) is 11.6 Å². The number of amides is 2. The molecule has 6 nitrogen and oxygen atoms in total. The van der Waals surface area contributed by atoms with Crippen molar-refractivity contribution in [3.8, 4) is 11.5 Å². The number of phenolic OH excluding ortho intramolecular Hbond substituents is 2. The smallest absolute Gasteiger partial charge is 0.237 e. The van der Waals surface area contributed by atoms with E-state index in [2.05, 4.69) is 10.6 Å². The Morgan fingerprint density at radius 2 is 1.38 bits per heavy atom. The van der Waals surface area contributed by atoms with Gasteiger partial charge in [-0.25, -0.2) is 0 Å². The van der Waals surface area contributed by atoms with Gasteiger partial charge in [-0.05, 0) is 30.7 Å². The molecule has 0 saturated carbocycles. The number of alkyl halides is 1. The number of hydrogen-bond donors (Lipinski definition) is 4. The summed E-state index contributed by atoms with van der Waals surface area (Å²) in [4.78, 5) is 24.7. The standard InChI is InChI=1S/C17H17ClN2O4/c18-8-7-15(16(23)19-11-3-1-5-13(21)9-11)17(24)20-12-4-2-6-14(22)10-12/h1-6,9-10,15,21-22H,7-8H2,(H,19,23)(H,20,24). The van der Waals surface area contributed by atoms with Crippen LogP contribution in [-0.4, -0.2) is 27.9 Å². The van der Waals surface area contributed by atoms with Gasteiger partial charge in [-0.2, -0.15) is 0 Å². The highest BCUT2D eigenvalue weighted by molar-refractivity contribution is 6.19. The van der Waals surface area contributed by atoms with Gasteiger partial charge in [0.2, 0.25) is 11.8 Å². The number of hydrogen-bond acceptors (Lipinski definition) is 4. The summed E-state index contributed by atoms with van der Waals surface area (Å²) in [5, 5.41) is 24.0. The Labute approximate surface area is 144 Å². The van der Waals surface area contributed by atoms with E-state index < -0.39 is 17.7 Å². The molecule has 2 aromatic carbocycles. The fraction of sp³-hybridized carbons (Fsp3) is 0.176. The molecule has 0 bridgehead atoms. The van der Waals surface area contributed by atoms with Crippen LogP contribution in [0, 0.1) is 5.92 Å². The van der Waals surface area contributed by atoms with E-state index in [-0.39, 0.29) is 23.8 Å². The van der Waals surface area contributed by atoms with Gasteiger partial charge in [0.05, 0.1) is 0 Å². The normalized spacial score (nSPS) is 10.4. The average molecular weight is 349 g/mol. The van der Waals surface area contributed by atoms with E-state index in [4.69, 9.17) is 11.6 Å². The van der Waals surface area contributed by atoms with Crippen molar-refractivity contribution in [3.63, 3.8) is 0 Å². The number of nitrogens with one attached hydrogen (secondary N) is 2. The second-order valence-corrected chi connectivity index (χ2v) is 5.49. The summed E-state index contributed by atoms with van der Waals surface area (Å²) in [7, 11) is 0. The van der Waals surface area contributed by atoms with E-state index >= 15 is 0 Å². The quantitative estimate of drug-likeness (QED) is 0.476. The van der Waals surface area contributed by atoms with Crippen molar-refractivity contribution < 1.29 is 19.8 Å². The molecule has 7 heteroatoms. The Morgan fingerprint density at radius 3 is 1.75 bits per heavy atom. The number of benzene rings is 2. The van der Waals surface area contributed by atoms with Gasteiger partial charge in [0.1, 0.15) is 17.4 Å². The zero-order chi connectivity index (χ0) is 17.5. The third-order valence-electron chi connectivity index (χ3n) is 3.26. The molecular formula is C17H17ClN2O4. The highest BCUT2D eigenvalue weighted by atomic mass is 35.5. The van der Waals surface area contributed by atoms with Gasteiger partial charge < -0.3 is 20.8 Å².